The minimum Gasteiger partial charge on any atom is -0.296 e. The van der Waals surface area contributed by atoms with Gasteiger partial charge in [-0.25, -0.2) is 13.1 Å². The molecule has 1 aromatic heterocycles. The molecule has 0 fully saturated rings. The number of thiazole rings is 1. The SMILES string of the molecule is CCCNS(=O)(=O)c1ccc2c(c1)sc(=O)n2C(C)C. The van der Waals surface area contributed by atoms with Crippen molar-refractivity contribution in [3.8, 4) is 0 Å². The van der Waals surface area contributed by atoms with Crippen molar-refractivity contribution in [2.24, 2.45) is 0 Å². The molecule has 2 aromatic rings. The number of aromatic nitrogens is 1. The molecule has 5 nitrogen and oxygen atoms in total. The fourth-order valence-corrected chi connectivity index (χ4v) is 4.28. The Morgan fingerprint density at radius 3 is 2.65 bits per heavy atom. The first-order valence-electron chi connectivity index (χ1n) is 6.51. The minimum atomic E-state index is -3.49. The third kappa shape index (κ3) is 2.79. The second kappa shape index (κ2) is 5.67. The van der Waals surface area contributed by atoms with Gasteiger partial charge >= 0.3 is 4.87 Å². The summed E-state index contributed by atoms with van der Waals surface area (Å²) in [6, 6.07) is 4.87. The molecule has 7 heteroatoms. The maximum absolute atomic E-state index is 12.1. The number of nitrogens with one attached hydrogen (secondary N) is 1. The predicted molar refractivity (Wildman–Crippen MR) is 81.9 cm³/mol. The number of nitrogens with zero attached hydrogens (tertiary/aromatic N) is 1. The largest absolute Gasteiger partial charge is 0.308 e. The van der Waals surface area contributed by atoms with Crippen LogP contribution in [0.5, 0.6) is 0 Å². The van der Waals surface area contributed by atoms with Gasteiger partial charge in [0, 0.05) is 12.6 Å². The maximum Gasteiger partial charge on any atom is 0.308 e. The molecule has 0 radical (unpaired) electrons. The summed E-state index contributed by atoms with van der Waals surface area (Å²) in [6.07, 6.45) is 0.735. The first kappa shape index (κ1) is 15.2. The molecule has 0 spiro atoms. The summed E-state index contributed by atoms with van der Waals surface area (Å²) in [6.45, 7) is 6.17. The van der Waals surface area contributed by atoms with Crippen molar-refractivity contribution in [3.63, 3.8) is 0 Å². The smallest absolute Gasteiger partial charge is 0.296 e. The lowest BCUT2D eigenvalue weighted by atomic mass is 10.3. The fraction of sp³-hybridized carbons (Fsp3) is 0.462. The predicted octanol–water partition coefficient (Wildman–Crippen LogP) is 2.33. The third-order valence-electron chi connectivity index (χ3n) is 2.95. The van der Waals surface area contributed by atoms with Crippen molar-refractivity contribution in [2.45, 2.75) is 38.1 Å². The van der Waals surface area contributed by atoms with Crippen molar-refractivity contribution < 1.29 is 8.42 Å². The van der Waals surface area contributed by atoms with E-state index in [1.807, 2.05) is 20.8 Å². The second-order valence-electron chi connectivity index (χ2n) is 4.86. The van der Waals surface area contributed by atoms with Crippen LogP contribution in [0, 0.1) is 0 Å². The molecular weight excluding hydrogens is 296 g/mol. The quantitative estimate of drug-likeness (QED) is 0.921. The Bertz CT molecular complexity index is 773. The summed E-state index contributed by atoms with van der Waals surface area (Å²) in [5, 5.41) is 0. The Kier molecular flexibility index (Phi) is 4.31. The third-order valence-corrected chi connectivity index (χ3v) is 5.33. The van der Waals surface area contributed by atoms with Gasteiger partial charge in [-0.3, -0.25) is 9.36 Å². The van der Waals surface area contributed by atoms with E-state index in [0.29, 0.717) is 11.2 Å². The second-order valence-corrected chi connectivity index (χ2v) is 7.62. The zero-order valence-corrected chi connectivity index (χ0v) is 13.3. The monoisotopic (exact) mass is 314 g/mol. The summed E-state index contributed by atoms with van der Waals surface area (Å²) >= 11 is 1.08. The zero-order chi connectivity index (χ0) is 14.9. The average Bonchev–Trinajstić information content (AvgIpc) is 2.71. The van der Waals surface area contributed by atoms with Gasteiger partial charge in [0.15, 0.2) is 0 Å². The van der Waals surface area contributed by atoms with E-state index in [1.165, 1.54) is 0 Å². The van der Waals surface area contributed by atoms with Gasteiger partial charge in [0.25, 0.3) is 0 Å². The first-order valence-corrected chi connectivity index (χ1v) is 8.81. The summed E-state index contributed by atoms with van der Waals surface area (Å²) in [4.78, 5) is 12.1. The molecule has 0 amide bonds. The van der Waals surface area contributed by atoms with Gasteiger partial charge in [0.2, 0.25) is 10.0 Å². The molecule has 0 saturated heterocycles. The van der Waals surface area contributed by atoms with Crippen molar-refractivity contribution in [2.75, 3.05) is 6.54 Å². The summed E-state index contributed by atoms with van der Waals surface area (Å²) in [5.41, 5.74) is 0.782. The average molecular weight is 314 g/mol. The Morgan fingerprint density at radius 1 is 1.35 bits per heavy atom. The number of hydrogen-bond acceptors (Lipinski definition) is 4. The highest BCUT2D eigenvalue weighted by Crippen LogP contribution is 2.23. The molecule has 20 heavy (non-hydrogen) atoms. The van der Waals surface area contributed by atoms with Gasteiger partial charge in [-0.2, -0.15) is 0 Å². The summed E-state index contributed by atoms with van der Waals surface area (Å²) in [7, 11) is -3.49. The molecule has 2 rings (SSSR count). The van der Waals surface area contributed by atoms with Crippen LogP contribution in [-0.2, 0) is 10.0 Å². The number of rotatable bonds is 5. The fourth-order valence-electron chi connectivity index (χ4n) is 1.99. The molecule has 0 unspecified atom stereocenters. The van der Waals surface area contributed by atoms with E-state index in [2.05, 4.69) is 4.72 Å². The molecule has 110 valence electrons. The van der Waals surface area contributed by atoms with Gasteiger partial charge < -0.3 is 0 Å². The van der Waals surface area contributed by atoms with Crippen LogP contribution in [0.2, 0.25) is 0 Å². The van der Waals surface area contributed by atoms with Crippen LogP contribution in [-0.4, -0.2) is 19.5 Å². The molecule has 0 aliphatic carbocycles. The highest BCUT2D eigenvalue weighted by atomic mass is 32.2. The lowest BCUT2D eigenvalue weighted by Gasteiger charge is -2.08. The first-order chi connectivity index (χ1) is 9.36. The van der Waals surface area contributed by atoms with Crippen LogP contribution in [0.3, 0.4) is 0 Å². The number of fused-ring (bicyclic) bond motifs is 1. The molecule has 0 bridgehead atoms. The Hall–Kier alpha value is -1.18. The molecule has 0 aliphatic heterocycles. The molecule has 1 N–H and O–H groups in total. The Morgan fingerprint density at radius 2 is 2.05 bits per heavy atom. The lowest BCUT2D eigenvalue weighted by molar-refractivity contribution is 0.581. The molecular formula is C13H18N2O3S2. The van der Waals surface area contributed by atoms with Crippen LogP contribution in [0.1, 0.15) is 33.2 Å². The van der Waals surface area contributed by atoms with Gasteiger partial charge in [-0.05, 0) is 38.5 Å². The number of hydrogen-bond donors (Lipinski definition) is 1. The highest BCUT2D eigenvalue weighted by Gasteiger charge is 2.16. The molecule has 1 heterocycles. The molecule has 0 aliphatic rings. The van der Waals surface area contributed by atoms with Crippen molar-refractivity contribution in [3.05, 3.63) is 27.9 Å². The zero-order valence-electron chi connectivity index (χ0n) is 11.7. The van der Waals surface area contributed by atoms with Crippen LogP contribution in [0.25, 0.3) is 10.2 Å². The van der Waals surface area contributed by atoms with Crippen molar-refractivity contribution >= 4 is 31.6 Å². The minimum absolute atomic E-state index is 0.0527. The van der Waals surface area contributed by atoms with Crippen LogP contribution < -0.4 is 9.60 Å². The summed E-state index contributed by atoms with van der Waals surface area (Å²) in [5.74, 6) is 0. The van der Waals surface area contributed by atoms with Crippen molar-refractivity contribution in [1.82, 2.24) is 9.29 Å². The van der Waals surface area contributed by atoms with E-state index in [0.717, 1.165) is 23.3 Å². The topological polar surface area (TPSA) is 68.2 Å². The number of benzene rings is 1. The van der Waals surface area contributed by atoms with E-state index in [4.69, 9.17) is 0 Å². The van der Waals surface area contributed by atoms with Gasteiger partial charge in [0.1, 0.15) is 0 Å². The molecule has 1 aromatic carbocycles. The van der Waals surface area contributed by atoms with Crippen LogP contribution >= 0.6 is 11.3 Å². The lowest BCUT2D eigenvalue weighted by Crippen LogP contribution is -2.24. The standard InChI is InChI=1S/C13H18N2O3S2/c1-4-7-14-20(17,18)10-5-6-11-12(8-10)19-13(16)15(11)9(2)3/h5-6,8-9,14H,4,7H2,1-3H3. The highest BCUT2D eigenvalue weighted by molar-refractivity contribution is 7.89. The van der Waals surface area contributed by atoms with Crippen LogP contribution in [0.15, 0.2) is 27.9 Å². The van der Waals surface area contributed by atoms with E-state index >= 15 is 0 Å². The maximum atomic E-state index is 12.1. The van der Waals surface area contributed by atoms with Gasteiger partial charge in [-0.1, -0.05) is 18.3 Å². The van der Waals surface area contributed by atoms with Crippen LogP contribution in [0.4, 0.5) is 0 Å². The molecule has 0 saturated carbocycles. The van der Waals surface area contributed by atoms with Gasteiger partial charge in [0.05, 0.1) is 15.1 Å². The number of sulfonamides is 1. The van der Waals surface area contributed by atoms with Gasteiger partial charge in [-0.15, -0.1) is 0 Å². The Balaban J connectivity index is 2.53. The Labute approximate surface area is 122 Å². The van der Waals surface area contributed by atoms with E-state index in [9.17, 15) is 13.2 Å². The normalized spacial score (nSPS) is 12.4. The summed E-state index contributed by atoms with van der Waals surface area (Å²) < 4.78 is 29.0. The van der Waals surface area contributed by atoms with Crippen molar-refractivity contribution in [1.29, 1.82) is 0 Å². The molecule has 0 atom stereocenters. The van der Waals surface area contributed by atoms with E-state index in [1.54, 1.807) is 22.8 Å². The van der Waals surface area contributed by atoms with E-state index in [-0.39, 0.29) is 15.8 Å². The van der Waals surface area contributed by atoms with E-state index < -0.39 is 10.0 Å².